The second-order valence-electron chi connectivity index (χ2n) is 1.82. The van der Waals surface area contributed by atoms with E-state index < -0.39 is 5.97 Å². The highest BCUT2D eigenvalue weighted by Crippen LogP contribution is 2.14. The molecule has 0 saturated carbocycles. The maximum absolute atomic E-state index is 10.0. The summed E-state index contributed by atoms with van der Waals surface area (Å²) in [5.41, 5.74) is 0. The second-order valence-corrected chi connectivity index (χ2v) is 4.32. The third kappa shape index (κ3) is 4.99. The van der Waals surface area contributed by atoms with Gasteiger partial charge in [-0.15, -0.1) is 0 Å². The van der Waals surface area contributed by atoms with Gasteiger partial charge in [0.15, 0.2) is 0 Å². The molecular weight excluding hydrogens is 264 g/mol. The highest BCUT2D eigenvalue weighted by atomic mass is 79.9. The number of carbonyl (C=O) groups is 1. The Morgan fingerprint density at radius 2 is 2.10 bits per heavy atom. The van der Waals surface area contributed by atoms with Crippen LogP contribution in [0.2, 0.25) is 0 Å². The molecular formula is C6H8Br2O2. The Hall–Kier alpha value is 0.170. The zero-order valence-electron chi connectivity index (χ0n) is 5.42. The number of hydrogen-bond acceptors (Lipinski definition) is 1. The van der Waals surface area contributed by atoms with E-state index in [0.717, 1.165) is 6.08 Å². The second kappa shape index (κ2) is 4.91. The van der Waals surface area contributed by atoms with Crippen molar-refractivity contribution in [2.45, 2.75) is 16.6 Å². The van der Waals surface area contributed by atoms with Crippen LogP contribution >= 0.6 is 31.9 Å². The molecule has 1 N–H and O–H groups in total. The summed E-state index contributed by atoms with van der Waals surface area (Å²) in [5, 5.41) is 8.22. The molecule has 0 aliphatic heterocycles. The minimum atomic E-state index is -0.919. The molecule has 58 valence electrons. The first-order valence-electron chi connectivity index (χ1n) is 2.73. The molecule has 2 atom stereocenters. The van der Waals surface area contributed by atoms with Gasteiger partial charge in [-0.05, 0) is 0 Å². The van der Waals surface area contributed by atoms with Crippen LogP contribution in [0.3, 0.4) is 0 Å². The zero-order chi connectivity index (χ0) is 8.15. The van der Waals surface area contributed by atoms with Gasteiger partial charge in [0.2, 0.25) is 0 Å². The van der Waals surface area contributed by atoms with Gasteiger partial charge < -0.3 is 5.11 Å². The molecule has 0 amide bonds. The van der Waals surface area contributed by atoms with Crippen molar-refractivity contribution in [3.8, 4) is 0 Å². The standard InChI is InChI=1S/C6H8Br2O2/c1-4(7)5(8)2-3-6(9)10/h2-5H,1H3,(H,9,10)/b3-2+/t4-,5+/m1/s1. The Kier molecular flexibility index (Phi) is 4.99. The fraction of sp³-hybridized carbons (Fsp3) is 0.500. The van der Waals surface area contributed by atoms with Crippen molar-refractivity contribution in [3.05, 3.63) is 12.2 Å². The van der Waals surface area contributed by atoms with Crippen LogP contribution in [0.25, 0.3) is 0 Å². The third-order valence-corrected chi connectivity index (χ3v) is 3.24. The molecule has 4 heteroatoms. The van der Waals surface area contributed by atoms with Gasteiger partial charge in [-0.1, -0.05) is 44.9 Å². The first-order valence-corrected chi connectivity index (χ1v) is 4.56. The molecule has 0 aliphatic carbocycles. The number of aliphatic carboxylic acids is 1. The lowest BCUT2D eigenvalue weighted by Crippen LogP contribution is -2.06. The van der Waals surface area contributed by atoms with Crippen LogP contribution in [0, 0.1) is 0 Å². The van der Waals surface area contributed by atoms with Crippen LogP contribution in [0.5, 0.6) is 0 Å². The summed E-state index contributed by atoms with van der Waals surface area (Å²) in [5.74, 6) is -0.919. The third-order valence-electron chi connectivity index (χ3n) is 0.861. The van der Waals surface area contributed by atoms with E-state index in [4.69, 9.17) is 5.11 Å². The molecule has 0 aliphatic rings. The van der Waals surface area contributed by atoms with Crippen molar-refractivity contribution in [3.63, 3.8) is 0 Å². The molecule has 0 rings (SSSR count). The maximum Gasteiger partial charge on any atom is 0.328 e. The summed E-state index contributed by atoms with van der Waals surface area (Å²) in [7, 11) is 0. The van der Waals surface area contributed by atoms with Crippen molar-refractivity contribution in [2.75, 3.05) is 0 Å². The molecule has 2 nitrogen and oxygen atoms in total. The Bertz CT molecular complexity index is 143. The molecule has 0 radical (unpaired) electrons. The van der Waals surface area contributed by atoms with Crippen LogP contribution in [0.4, 0.5) is 0 Å². The lowest BCUT2D eigenvalue weighted by Gasteiger charge is -2.04. The van der Waals surface area contributed by atoms with E-state index in [0.29, 0.717) is 0 Å². The number of hydrogen-bond donors (Lipinski definition) is 1. The molecule has 0 bridgehead atoms. The van der Waals surface area contributed by atoms with E-state index in [1.807, 2.05) is 6.92 Å². The van der Waals surface area contributed by atoms with Crippen molar-refractivity contribution in [1.29, 1.82) is 0 Å². The molecule has 0 saturated heterocycles. The molecule has 10 heavy (non-hydrogen) atoms. The summed E-state index contributed by atoms with van der Waals surface area (Å²) in [6, 6.07) is 0. The van der Waals surface area contributed by atoms with Crippen molar-refractivity contribution < 1.29 is 9.90 Å². The zero-order valence-corrected chi connectivity index (χ0v) is 8.59. The fourth-order valence-corrected chi connectivity index (χ4v) is 0.656. The van der Waals surface area contributed by atoms with Gasteiger partial charge in [-0.2, -0.15) is 0 Å². The summed E-state index contributed by atoms with van der Waals surface area (Å²) in [6.45, 7) is 1.94. The van der Waals surface area contributed by atoms with Gasteiger partial charge in [0, 0.05) is 15.7 Å². The lowest BCUT2D eigenvalue weighted by atomic mass is 10.3. The highest BCUT2D eigenvalue weighted by molar-refractivity contribution is 9.12. The number of rotatable bonds is 3. The Labute approximate surface area is 76.6 Å². The average Bonchev–Trinajstić information content (AvgIpc) is 1.82. The summed E-state index contributed by atoms with van der Waals surface area (Å²) in [6.07, 6.45) is 2.71. The van der Waals surface area contributed by atoms with Crippen LogP contribution in [0.1, 0.15) is 6.92 Å². The van der Waals surface area contributed by atoms with Crippen LogP contribution in [0.15, 0.2) is 12.2 Å². The Morgan fingerprint density at radius 1 is 1.60 bits per heavy atom. The van der Waals surface area contributed by atoms with E-state index in [-0.39, 0.29) is 9.65 Å². The van der Waals surface area contributed by atoms with Crippen molar-refractivity contribution in [1.82, 2.24) is 0 Å². The highest BCUT2D eigenvalue weighted by Gasteiger charge is 2.05. The molecule has 0 fully saturated rings. The predicted molar refractivity (Wildman–Crippen MR) is 47.9 cm³/mol. The smallest absolute Gasteiger partial charge is 0.328 e. The number of carboxylic acids is 1. The van der Waals surface area contributed by atoms with Crippen LogP contribution in [-0.4, -0.2) is 20.7 Å². The number of allylic oxidation sites excluding steroid dienone is 1. The minimum absolute atomic E-state index is 0.0728. The molecule has 0 aromatic rings. The monoisotopic (exact) mass is 270 g/mol. The normalized spacial score (nSPS) is 17.1. The molecule has 0 heterocycles. The first-order chi connectivity index (χ1) is 4.54. The summed E-state index contributed by atoms with van der Waals surface area (Å²) >= 11 is 6.57. The quantitative estimate of drug-likeness (QED) is 0.631. The van der Waals surface area contributed by atoms with E-state index in [9.17, 15) is 4.79 Å². The van der Waals surface area contributed by atoms with E-state index in [2.05, 4.69) is 31.9 Å². The lowest BCUT2D eigenvalue weighted by molar-refractivity contribution is -0.131. The van der Waals surface area contributed by atoms with Gasteiger partial charge in [-0.3, -0.25) is 0 Å². The van der Waals surface area contributed by atoms with Gasteiger partial charge in [-0.25, -0.2) is 4.79 Å². The molecule has 0 aromatic carbocycles. The molecule has 0 aromatic heterocycles. The maximum atomic E-state index is 10.0. The SMILES string of the molecule is C[C@@H](Br)[C@@H](Br)/C=C/C(=O)O. The number of halogens is 2. The largest absolute Gasteiger partial charge is 0.478 e. The number of carboxylic acid groups (broad SMARTS) is 1. The Balaban J connectivity index is 3.77. The minimum Gasteiger partial charge on any atom is -0.478 e. The molecule has 0 unspecified atom stereocenters. The summed E-state index contributed by atoms with van der Waals surface area (Å²) in [4.78, 5) is 10.3. The first kappa shape index (κ1) is 10.2. The van der Waals surface area contributed by atoms with Crippen LogP contribution < -0.4 is 0 Å². The predicted octanol–water partition coefficient (Wildman–Crippen LogP) is 2.17. The van der Waals surface area contributed by atoms with Crippen LogP contribution in [-0.2, 0) is 4.79 Å². The van der Waals surface area contributed by atoms with Gasteiger partial charge in [0.25, 0.3) is 0 Å². The number of alkyl halides is 2. The average molecular weight is 272 g/mol. The van der Waals surface area contributed by atoms with Gasteiger partial charge in [0.05, 0.1) is 0 Å². The summed E-state index contributed by atoms with van der Waals surface area (Å²) < 4.78 is 0. The topological polar surface area (TPSA) is 37.3 Å². The van der Waals surface area contributed by atoms with Gasteiger partial charge >= 0.3 is 5.97 Å². The fourth-order valence-electron chi connectivity index (χ4n) is 0.327. The van der Waals surface area contributed by atoms with E-state index in [1.54, 1.807) is 6.08 Å². The van der Waals surface area contributed by atoms with Gasteiger partial charge in [0.1, 0.15) is 0 Å². The van der Waals surface area contributed by atoms with Crippen molar-refractivity contribution in [2.24, 2.45) is 0 Å². The van der Waals surface area contributed by atoms with Crippen molar-refractivity contribution >= 4 is 37.8 Å². The van der Waals surface area contributed by atoms with E-state index in [1.165, 1.54) is 0 Å². The Morgan fingerprint density at radius 3 is 2.40 bits per heavy atom. The van der Waals surface area contributed by atoms with E-state index >= 15 is 0 Å². The molecule has 0 spiro atoms.